The third-order valence-corrected chi connectivity index (χ3v) is 7.42. The average molecular weight is 539 g/mol. The van der Waals surface area contributed by atoms with Gasteiger partial charge in [0.1, 0.15) is 0 Å². The van der Waals surface area contributed by atoms with E-state index in [2.05, 4.69) is 22.4 Å². The van der Waals surface area contributed by atoms with Gasteiger partial charge >= 0.3 is 0 Å². The lowest BCUT2D eigenvalue weighted by Gasteiger charge is -2.32. The van der Waals surface area contributed by atoms with Crippen molar-refractivity contribution in [3.05, 3.63) is 71.3 Å². The quantitative estimate of drug-likeness (QED) is 0.427. The number of aromatic nitrogens is 3. The van der Waals surface area contributed by atoms with Crippen LogP contribution < -0.4 is 5.73 Å². The van der Waals surface area contributed by atoms with Crippen molar-refractivity contribution in [1.82, 2.24) is 19.7 Å². The summed E-state index contributed by atoms with van der Waals surface area (Å²) < 4.78 is 29.5. The van der Waals surface area contributed by atoms with Crippen molar-refractivity contribution in [1.29, 1.82) is 0 Å². The number of nitrogens with two attached hydrogens (primary N) is 1. The van der Waals surface area contributed by atoms with Gasteiger partial charge in [0, 0.05) is 43.4 Å². The topological polar surface area (TPSA) is 89.4 Å². The van der Waals surface area contributed by atoms with E-state index in [1.165, 1.54) is 14.0 Å². The highest BCUT2D eigenvalue weighted by molar-refractivity contribution is 8.21. The molecule has 200 valence electrons. The SMILES string of the molecule is C=NC1=C(SC(C)=O)c2c(c(-c3cccnc3)nn2-c2ccc(CN3CCCC(F)(F)C3)cc2)CC1.CN. The fourth-order valence-corrected chi connectivity index (χ4v) is 5.80. The second-order valence-corrected chi connectivity index (χ2v) is 10.4. The molecule has 1 fully saturated rings. The van der Waals surface area contributed by atoms with E-state index < -0.39 is 5.92 Å². The van der Waals surface area contributed by atoms with Gasteiger partial charge in [0.15, 0.2) is 5.12 Å². The first kappa shape index (κ1) is 27.8. The minimum atomic E-state index is -2.62. The molecule has 0 amide bonds. The highest BCUT2D eigenvalue weighted by atomic mass is 32.2. The zero-order chi connectivity index (χ0) is 27.3. The van der Waals surface area contributed by atoms with Crippen LogP contribution in [-0.4, -0.2) is 57.6 Å². The van der Waals surface area contributed by atoms with Crippen LogP contribution in [0.15, 0.2) is 59.5 Å². The molecule has 0 bridgehead atoms. The lowest BCUT2D eigenvalue weighted by Crippen LogP contribution is -2.41. The number of nitrogens with zero attached hydrogens (tertiary/aromatic N) is 5. The van der Waals surface area contributed by atoms with E-state index in [9.17, 15) is 13.6 Å². The number of hydrogen-bond donors (Lipinski definition) is 1. The van der Waals surface area contributed by atoms with Crippen molar-refractivity contribution < 1.29 is 13.6 Å². The third-order valence-electron chi connectivity index (χ3n) is 6.50. The molecule has 2 aliphatic rings. The number of thioether (sulfide) groups is 1. The first-order valence-corrected chi connectivity index (χ1v) is 13.3. The Kier molecular flexibility index (Phi) is 8.86. The van der Waals surface area contributed by atoms with Crippen LogP contribution in [0, 0.1) is 0 Å². The molecule has 7 nitrogen and oxygen atoms in total. The molecule has 1 saturated heterocycles. The summed E-state index contributed by atoms with van der Waals surface area (Å²) in [7, 11) is 1.50. The Morgan fingerprint density at radius 2 is 1.97 bits per heavy atom. The van der Waals surface area contributed by atoms with Gasteiger partial charge in [0.05, 0.1) is 34.2 Å². The van der Waals surface area contributed by atoms with Crippen LogP contribution in [0.3, 0.4) is 0 Å². The summed E-state index contributed by atoms with van der Waals surface area (Å²) >= 11 is 1.15. The molecule has 5 rings (SSSR count). The number of carbonyl (C=O) groups excluding carboxylic acids is 1. The van der Waals surface area contributed by atoms with E-state index >= 15 is 0 Å². The minimum absolute atomic E-state index is 0.0386. The average Bonchev–Trinajstić information content (AvgIpc) is 3.30. The maximum absolute atomic E-state index is 13.8. The van der Waals surface area contributed by atoms with E-state index in [-0.39, 0.29) is 18.1 Å². The van der Waals surface area contributed by atoms with E-state index in [1.807, 2.05) is 41.1 Å². The van der Waals surface area contributed by atoms with Crippen LogP contribution in [0.2, 0.25) is 0 Å². The first-order valence-electron chi connectivity index (χ1n) is 12.5. The summed E-state index contributed by atoms with van der Waals surface area (Å²) in [6.07, 6.45) is 5.36. The van der Waals surface area contributed by atoms with E-state index in [1.54, 1.807) is 17.3 Å². The lowest BCUT2D eigenvalue weighted by molar-refractivity contribution is -0.109. The van der Waals surface area contributed by atoms with Gasteiger partial charge in [0.2, 0.25) is 0 Å². The monoisotopic (exact) mass is 538 g/mol. The molecule has 1 aliphatic carbocycles. The molecule has 10 heteroatoms. The molecular weight excluding hydrogens is 506 g/mol. The molecule has 38 heavy (non-hydrogen) atoms. The molecular formula is C28H32F2N6OS. The number of aliphatic imine (C=N–C) groups is 1. The van der Waals surface area contributed by atoms with Crippen LogP contribution >= 0.6 is 11.8 Å². The maximum Gasteiger partial charge on any atom is 0.260 e. The number of carbonyl (C=O) groups is 1. The molecule has 0 saturated carbocycles. The zero-order valence-electron chi connectivity index (χ0n) is 21.7. The maximum atomic E-state index is 13.8. The van der Waals surface area contributed by atoms with Crippen LogP contribution in [0.5, 0.6) is 0 Å². The van der Waals surface area contributed by atoms with Crippen LogP contribution in [-0.2, 0) is 17.8 Å². The Balaban J connectivity index is 0.00000164. The number of fused-ring (bicyclic) bond motifs is 1. The van der Waals surface area contributed by atoms with Crippen LogP contribution in [0.4, 0.5) is 8.78 Å². The number of hydrogen-bond acceptors (Lipinski definition) is 7. The van der Waals surface area contributed by atoms with Crippen molar-refractivity contribution >= 4 is 28.5 Å². The van der Waals surface area contributed by atoms with Gasteiger partial charge in [-0.15, -0.1) is 0 Å². The van der Waals surface area contributed by atoms with Gasteiger partial charge in [-0.25, -0.2) is 13.5 Å². The highest BCUT2D eigenvalue weighted by Gasteiger charge is 2.35. The van der Waals surface area contributed by atoms with E-state index in [0.29, 0.717) is 25.9 Å². The molecule has 3 heterocycles. The Bertz CT molecular complexity index is 1320. The Morgan fingerprint density at radius 3 is 2.61 bits per heavy atom. The summed E-state index contributed by atoms with van der Waals surface area (Å²) in [6.45, 7) is 6.21. The lowest BCUT2D eigenvalue weighted by atomic mass is 9.96. The Labute approximate surface area is 225 Å². The van der Waals surface area contributed by atoms with Crippen molar-refractivity contribution in [3.8, 4) is 16.9 Å². The minimum Gasteiger partial charge on any atom is -0.333 e. The third kappa shape index (κ3) is 6.09. The van der Waals surface area contributed by atoms with E-state index in [0.717, 1.165) is 62.6 Å². The van der Waals surface area contributed by atoms with Gasteiger partial charge < -0.3 is 5.73 Å². The van der Waals surface area contributed by atoms with Crippen LogP contribution in [0.1, 0.15) is 43.0 Å². The van der Waals surface area contributed by atoms with Gasteiger partial charge in [-0.05, 0) is 81.2 Å². The van der Waals surface area contributed by atoms with Crippen molar-refractivity contribution in [2.24, 2.45) is 10.7 Å². The number of alkyl halides is 2. The van der Waals surface area contributed by atoms with Gasteiger partial charge in [0.25, 0.3) is 5.92 Å². The smallest absolute Gasteiger partial charge is 0.260 e. The number of benzene rings is 1. The second-order valence-electron chi connectivity index (χ2n) is 9.19. The predicted molar refractivity (Wildman–Crippen MR) is 149 cm³/mol. The molecule has 3 aromatic rings. The second kappa shape index (κ2) is 12.1. The summed E-state index contributed by atoms with van der Waals surface area (Å²) in [5.74, 6) is -2.62. The van der Waals surface area contributed by atoms with Gasteiger partial charge in [-0.2, -0.15) is 5.10 Å². The molecule has 1 aromatic carbocycles. The summed E-state index contributed by atoms with van der Waals surface area (Å²) in [4.78, 5) is 23.2. The molecule has 2 N–H and O–H groups in total. The number of likely N-dealkylation sites (tertiary alicyclic amines) is 1. The Morgan fingerprint density at radius 1 is 1.21 bits per heavy atom. The molecule has 0 atom stereocenters. The number of rotatable bonds is 6. The summed E-state index contributed by atoms with van der Waals surface area (Å²) in [5.41, 5.74) is 10.7. The number of allylic oxidation sites excluding steroid dienone is 1. The fourth-order valence-electron chi connectivity index (χ4n) is 4.92. The highest BCUT2D eigenvalue weighted by Crippen LogP contribution is 2.44. The van der Waals surface area contributed by atoms with Crippen LogP contribution in [0.25, 0.3) is 21.8 Å². The molecule has 0 unspecified atom stereocenters. The first-order chi connectivity index (χ1) is 18.3. The number of piperidine rings is 1. The molecule has 0 radical (unpaired) electrons. The largest absolute Gasteiger partial charge is 0.333 e. The fraction of sp³-hybridized carbons (Fsp3) is 0.357. The van der Waals surface area contributed by atoms with Crippen molar-refractivity contribution in [2.75, 3.05) is 20.1 Å². The molecule has 2 aromatic heterocycles. The standard InChI is InChI=1S/C27H27F2N5OS.CH5N/c1-18(35)36-26-23(30-2)11-10-22-24(20-5-3-13-31-15-20)32-34(25(22)26)21-8-6-19(7-9-21)16-33-14-4-12-27(28,29)17-33;1-2/h3,5-9,13,15H,2,4,10-12,14,16-17H2,1H3;2H2,1H3. The zero-order valence-corrected chi connectivity index (χ0v) is 22.5. The summed E-state index contributed by atoms with van der Waals surface area (Å²) in [6, 6.07) is 11.7. The van der Waals surface area contributed by atoms with Gasteiger partial charge in [-0.3, -0.25) is 19.7 Å². The number of pyridine rings is 1. The predicted octanol–water partition coefficient (Wildman–Crippen LogP) is 5.34. The van der Waals surface area contributed by atoms with Crippen molar-refractivity contribution in [3.63, 3.8) is 0 Å². The number of halogens is 2. The molecule has 1 aliphatic heterocycles. The normalized spacial score (nSPS) is 16.9. The van der Waals surface area contributed by atoms with Crippen molar-refractivity contribution in [2.45, 2.75) is 45.1 Å². The Hall–Kier alpha value is -3.21. The van der Waals surface area contributed by atoms with Gasteiger partial charge in [-0.1, -0.05) is 12.1 Å². The van der Waals surface area contributed by atoms with E-state index in [4.69, 9.17) is 5.10 Å². The molecule has 0 spiro atoms. The summed E-state index contributed by atoms with van der Waals surface area (Å²) in [5, 5.41) is 4.93.